The lowest BCUT2D eigenvalue weighted by molar-refractivity contribution is 0.402. The third kappa shape index (κ3) is 4.20. The summed E-state index contributed by atoms with van der Waals surface area (Å²) in [6, 6.07) is 9.32. The van der Waals surface area contributed by atoms with Gasteiger partial charge in [-0.15, -0.1) is 0 Å². The maximum atomic E-state index is 13.3. The molecule has 0 atom stereocenters. The Bertz CT molecular complexity index is 1050. The zero-order valence-electron chi connectivity index (χ0n) is 14.7. The van der Waals surface area contributed by atoms with Crippen molar-refractivity contribution in [1.82, 2.24) is 9.55 Å². The van der Waals surface area contributed by atoms with Crippen LogP contribution >= 0.6 is 11.6 Å². The Hall–Kier alpha value is -3.06. The number of rotatable bonds is 5. The van der Waals surface area contributed by atoms with Gasteiger partial charge in [-0.2, -0.15) is 4.98 Å². The molecule has 2 N–H and O–H groups in total. The highest BCUT2D eigenvalue weighted by atomic mass is 35.5. The van der Waals surface area contributed by atoms with Crippen molar-refractivity contribution in [3.05, 3.63) is 74.9 Å². The first-order valence-corrected chi connectivity index (χ1v) is 8.41. The van der Waals surface area contributed by atoms with Gasteiger partial charge in [-0.3, -0.25) is 4.79 Å². The van der Waals surface area contributed by atoms with Crippen LogP contribution in [-0.2, 0) is 6.54 Å². The first-order chi connectivity index (χ1) is 12.9. The predicted octanol–water partition coefficient (Wildman–Crippen LogP) is 3.85. The third-order valence-corrected chi connectivity index (χ3v) is 4.22. The van der Waals surface area contributed by atoms with Crippen molar-refractivity contribution in [3.63, 3.8) is 0 Å². The van der Waals surface area contributed by atoms with Crippen LogP contribution in [0.15, 0.2) is 47.4 Å². The molecule has 0 fully saturated rings. The topological polar surface area (TPSA) is 76.4 Å². The van der Waals surface area contributed by atoms with Crippen LogP contribution in [0.5, 0.6) is 11.5 Å². The minimum Gasteiger partial charge on any atom is -0.505 e. The van der Waals surface area contributed by atoms with Crippen LogP contribution in [-0.4, -0.2) is 21.8 Å². The summed E-state index contributed by atoms with van der Waals surface area (Å²) in [5.74, 6) is -0.809. The van der Waals surface area contributed by atoms with Crippen LogP contribution in [0, 0.1) is 12.7 Å². The fraction of sp³-hybridized carbons (Fsp3) is 0.158. The Balaban J connectivity index is 2.02. The fourth-order valence-electron chi connectivity index (χ4n) is 2.57. The molecule has 3 aromatic rings. The van der Waals surface area contributed by atoms with Crippen molar-refractivity contribution in [2.24, 2.45) is 0 Å². The first kappa shape index (κ1) is 18.7. The largest absolute Gasteiger partial charge is 0.505 e. The summed E-state index contributed by atoms with van der Waals surface area (Å²) in [5, 5.41) is 13.3. The fourth-order valence-corrected chi connectivity index (χ4v) is 2.80. The SMILES string of the molecule is COc1cn(Cc2ccc(F)c(O)c2)c(Nc2ccc(Cl)cc2C)nc1=O. The number of nitrogens with one attached hydrogen (secondary N) is 1. The lowest BCUT2D eigenvalue weighted by Gasteiger charge is -2.16. The average Bonchev–Trinajstić information content (AvgIpc) is 2.62. The summed E-state index contributed by atoms with van der Waals surface area (Å²) in [4.78, 5) is 16.1. The van der Waals surface area contributed by atoms with Crippen molar-refractivity contribution in [3.8, 4) is 11.5 Å². The number of halogens is 2. The molecule has 1 heterocycles. The van der Waals surface area contributed by atoms with Crippen LogP contribution in [0.3, 0.4) is 0 Å². The van der Waals surface area contributed by atoms with Gasteiger partial charge >= 0.3 is 5.56 Å². The molecule has 0 aliphatic carbocycles. The lowest BCUT2D eigenvalue weighted by atomic mass is 10.2. The molecule has 0 bridgehead atoms. The Kier molecular flexibility index (Phi) is 5.32. The summed E-state index contributed by atoms with van der Waals surface area (Å²) >= 11 is 5.98. The number of methoxy groups -OCH3 is 1. The van der Waals surface area contributed by atoms with Gasteiger partial charge < -0.3 is 19.7 Å². The second-order valence-electron chi connectivity index (χ2n) is 5.94. The van der Waals surface area contributed by atoms with E-state index in [9.17, 15) is 14.3 Å². The number of nitrogens with zero attached hydrogens (tertiary/aromatic N) is 2. The minimum atomic E-state index is -0.704. The molecule has 6 nitrogen and oxygen atoms in total. The number of hydrogen-bond acceptors (Lipinski definition) is 5. The van der Waals surface area contributed by atoms with E-state index in [4.69, 9.17) is 16.3 Å². The maximum absolute atomic E-state index is 13.3. The zero-order chi connectivity index (χ0) is 19.6. The van der Waals surface area contributed by atoms with Crippen molar-refractivity contribution in [2.75, 3.05) is 12.4 Å². The smallest absolute Gasteiger partial charge is 0.316 e. The average molecular weight is 390 g/mol. The number of benzene rings is 2. The first-order valence-electron chi connectivity index (χ1n) is 8.03. The van der Waals surface area contributed by atoms with Crippen LogP contribution in [0.25, 0.3) is 0 Å². The molecule has 27 heavy (non-hydrogen) atoms. The van der Waals surface area contributed by atoms with Crippen molar-refractivity contribution < 1.29 is 14.2 Å². The van der Waals surface area contributed by atoms with E-state index in [1.807, 2.05) is 6.92 Å². The van der Waals surface area contributed by atoms with Gasteiger partial charge in [0.25, 0.3) is 0 Å². The summed E-state index contributed by atoms with van der Waals surface area (Å²) in [7, 11) is 1.38. The van der Waals surface area contributed by atoms with Crippen molar-refractivity contribution in [2.45, 2.75) is 13.5 Å². The highest BCUT2D eigenvalue weighted by Gasteiger charge is 2.12. The third-order valence-electron chi connectivity index (χ3n) is 3.98. The van der Waals surface area contributed by atoms with Gasteiger partial charge in [0.05, 0.1) is 19.9 Å². The second kappa shape index (κ2) is 7.67. The van der Waals surface area contributed by atoms with Gasteiger partial charge in [-0.1, -0.05) is 17.7 Å². The minimum absolute atomic E-state index is 0.0692. The standard InChI is InChI=1S/C19H17ClFN3O3/c1-11-7-13(20)4-6-15(11)22-19-23-18(26)17(27-2)10-24(19)9-12-3-5-14(21)16(25)8-12/h3-8,10,25H,9H2,1-2H3,(H,22,23,26). The Morgan fingerprint density at radius 2 is 2.07 bits per heavy atom. The zero-order valence-corrected chi connectivity index (χ0v) is 15.4. The Labute approximate surface area is 159 Å². The molecular weight excluding hydrogens is 373 g/mol. The van der Waals surface area contributed by atoms with E-state index < -0.39 is 17.1 Å². The number of aryl methyl sites for hydroxylation is 1. The van der Waals surface area contributed by atoms with E-state index in [1.54, 1.807) is 22.8 Å². The van der Waals surface area contributed by atoms with Gasteiger partial charge in [0.2, 0.25) is 11.7 Å². The predicted molar refractivity (Wildman–Crippen MR) is 102 cm³/mol. The lowest BCUT2D eigenvalue weighted by Crippen LogP contribution is -2.19. The Morgan fingerprint density at radius 1 is 1.30 bits per heavy atom. The van der Waals surface area contributed by atoms with Crippen LogP contribution in [0.4, 0.5) is 16.0 Å². The highest BCUT2D eigenvalue weighted by molar-refractivity contribution is 6.30. The van der Waals surface area contributed by atoms with E-state index in [-0.39, 0.29) is 18.2 Å². The quantitative estimate of drug-likeness (QED) is 0.693. The van der Waals surface area contributed by atoms with Crippen molar-refractivity contribution in [1.29, 1.82) is 0 Å². The van der Waals surface area contributed by atoms with Gasteiger partial charge in [0, 0.05) is 10.7 Å². The molecule has 0 unspecified atom stereocenters. The number of aromatic hydroxyl groups is 1. The molecule has 0 saturated carbocycles. The second-order valence-corrected chi connectivity index (χ2v) is 6.37. The maximum Gasteiger partial charge on any atom is 0.316 e. The molecule has 0 spiro atoms. The number of ether oxygens (including phenoxy) is 1. The van der Waals surface area contributed by atoms with E-state index in [2.05, 4.69) is 10.3 Å². The normalized spacial score (nSPS) is 10.7. The number of phenolic OH excluding ortho intramolecular Hbond substituents is 1. The molecular formula is C19H17ClFN3O3. The number of hydrogen-bond donors (Lipinski definition) is 2. The molecule has 0 aliphatic rings. The van der Waals surface area contributed by atoms with E-state index >= 15 is 0 Å². The molecule has 1 aromatic heterocycles. The molecule has 140 valence electrons. The molecule has 0 saturated heterocycles. The van der Waals surface area contributed by atoms with Gasteiger partial charge in [-0.05, 0) is 48.4 Å². The summed E-state index contributed by atoms with van der Waals surface area (Å²) in [6.07, 6.45) is 1.50. The number of aromatic nitrogens is 2. The van der Waals surface area contributed by atoms with Crippen LogP contribution in [0.1, 0.15) is 11.1 Å². The van der Waals surface area contributed by atoms with Crippen LogP contribution in [0.2, 0.25) is 5.02 Å². The molecule has 0 radical (unpaired) electrons. The Morgan fingerprint density at radius 3 is 2.74 bits per heavy atom. The van der Waals surface area contributed by atoms with Gasteiger partial charge in [-0.25, -0.2) is 4.39 Å². The number of phenols is 1. The summed E-state index contributed by atoms with van der Waals surface area (Å²) in [6.45, 7) is 2.10. The van der Waals surface area contributed by atoms with E-state index in [1.165, 1.54) is 31.5 Å². The molecule has 0 amide bonds. The van der Waals surface area contributed by atoms with Gasteiger partial charge in [0.15, 0.2) is 11.6 Å². The molecule has 0 aliphatic heterocycles. The molecule has 8 heteroatoms. The van der Waals surface area contributed by atoms with E-state index in [0.29, 0.717) is 10.6 Å². The van der Waals surface area contributed by atoms with Crippen molar-refractivity contribution >= 4 is 23.2 Å². The highest BCUT2D eigenvalue weighted by Crippen LogP contribution is 2.24. The number of anilines is 2. The summed E-state index contributed by atoms with van der Waals surface area (Å²) in [5.41, 5.74) is 1.70. The van der Waals surface area contributed by atoms with Crippen LogP contribution < -0.4 is 15.6 Å². The van der Waals surface area contributed by atoms with E-state index in [0.717, 1.165) is 11.3 Å². The monoisotopic (exact) mass is 389 g/mol. The molecule has 3 rings (SSSR count). The van der Waals surface area contributed by atoms with Gasteiger partial charge in [0.1, 0.15) is 0 Å². The summed E-state index contributed by atoms with van der Waals surface area (Å²) < 4.78 is 20.0. The molecule has 2 aromatic carbocycles.